The van der Waals surface area contributed by atoms with Crippen LogP contribution in [0.2, 0.25) is 0 Å². The van der Waals surface area contributed by atoms with E-state index in [9.17, 15) is 4.21 Å². The fourth-order valence-electron chi connectivity index (χ4n) is 1.34. The Labute approximate surface area is 110 Å². The van der Waals surface area contributed by atoms with Crippen LogP contribution >= 0.6 is 0 Å². The zero-order valence-corrected chi connectivity index (χ0v) is 12.0. The molecule has 7 heteroatoms. The molecule has 0 amide bonds. The van der Waals surface area contributed by atoms with Crippen LogP contribution in [0.3, 0.4) is 0 Å². The lowest BCUT2D eigenvalue weighted by atomic mass is 10.4. The number of methoxy groups -OCH3 is 1. The number of rotatable bonds is 7. The Morgan fingerprint density at radius 3 is 2.50 bits per heavy atom. The van der Waals surface area contributed by atoms with Gasteiger partial charge in [-0.2, -0.15) is 0 Å². The molecule has 1 rings (SSSR count). The SMILES string of the molecule is CCNc1ncnc(NCC(C)S(C)=O)c1OC. The topological polar surface area (TPSA) is 76.1 Å². The summed E-state index contributed by atoms with van der Waals surface area (Å²) in [6.07, 6.45) is 3.16. The molecule has 0 aliphatic rings. The Morgan fingerprint density at radius 1 is 1.39 bits per heavy atom. The van der Waals surface area contributed by atoms with Crippen molar-refractivity contribution in [3.8, 4) is 5.75 Å². The third-order valence-electron chi connectivity index (χ3n) is 2.48. The normalized spacial score (nSPS) is 13.8. The molecule has 0 aromatic carbocycles. The fraction of sp³-hybridized carbons (Fsp3) is 0.636. The lowest BCUT2D eigenvalue weighted by Crippen LogP contribution is -2.21. The van der Waals surface area contributed by atoms with Crippen LogP contribution in [0, 0.1) is 0 Å². The van der Waals surface area contributed by atoms with Gasteiger partial charge in [-0.3, -0.25) is 4.21 Å². The van der Waals surface area contributed by atoms with E-state index in [2.05, 4.69) is 20.6 Å². The van der Waals surface area contributed by atoms with E-state index in [1.165, 1.54) is 6.33 Å². The van der Waals surface area contributed by atoms with Crippen molar-refractivity contribution in [1.82, 2.24) is 9.97 Å². The number of hydrogen-bond donors (Lipinski definition) is 2. The quantitative estimate of drug-likeness (QED) is 0.774. The van der Waals surface area contributed by atoms with Crippen molar-refractivity contribution in [2.24, 2.45) is 0 Å². The summed E-state index contributed by atoms with van der Waals surface area (Å²) in [5, 5.41) is 6.29. The zero-order chi connectivity index (χ0) is 13.5. The summed E-state index contributed by atoms with van der Waals surface area (Å²) in [5.74, 6) is 1.84. The van der Waals surface area contributed by atoms with Gasteiger partial charge in [0.25, 0.3) is 0 Å². The second-order valence-electron chi connectivity index (χ2n) is 3.82. The van der Waals surface area contributed by atoms with Crippen LogP contribution in [0.5, 0.6) is 5.75 Å². The molecule has 0 fully saturated rings. The molecule has 102 valence electrons. The highest BCUT2D eigenvalue weighted by Crippen LogP contribution is 2.28. The smallest absolute Gasteiger partial charge is 0.204 e. The van der Waals surface area contributed by atoms with Gasteiger partial charge in [0.05, 0.1) is 7.11 Å². The Hall–Kier alpha value is -1.37. The first kappa shape index (κ1) is 14.7. The lowest BCUT2D eigenvalue weighted by molar-refractivity contribution is 0.414. The third kappa shape index (κ3) is 3.83. The van der Waals surface area contributed by atoms with E-state index < -0.39 is 10.8 Å². The van der Waals surface area contributed by atoms with Crippen LogP contribution in [0.1, 0.15) is 13.8 Å². The fourth-order valence-corrected chi connectivity index (χ4v) is 1.66. The standard InChI is InChI=1S/C11H20N4O2S/c1-5-12-10-9(17-3)11(15-7-14-10)13-6-8(2)18(4)16/h7-8H,5-6H2,1-4H3,(H2,12,13,14,15). The maximum atomic E-state index is 11.3. The minimum atomic E-state index is -0.864. The van der Waals surface area contributed by atoms with Crippen LogP contribution in [-0.2, 0) is 10.8 Å². The van der Waals surface area contributed by atoms with Crippen LogP contribution < -0.4 is 15.4 Å². The minimum Gasteiger partial charge on any atom is -0.490 e. The number of ether oxygens (including phenoxy) is 1. The van der Waals surface area contributed by atoms with Crippen LogP contribution in [-0.4, -0.2) is 45.9 Å². The van der Waals surface area contributed by atoms with Crippen molar-refractivity contribution in [2.45, 2.75) is 19.1 Å². The van der Waals surface area contributed by atoms with Crippen molar-refractivity contribution in [2.75, 3.05) is 37.1 Å². The highest BCUT2D eigenvalue weighted by Gasteiger charge is 2.13. The third-order valence-corrected chi connectivity index (χ3v) is 3.78. The highest BCUT2D eigenvalue weighted by molar-refractivity contribution is 7.84. The van der Waals surface area contributed by atoms with Gasteiger partial charge in [-0.25, -0.2) is 9.97 Å². The Balaban J connectivity index is 2.81. The molecule has 1 heterocycles. The van der Waals surface area contributed by atoms with Gasteiger partial charge in [-0.05, 0) is 13.8 Å². The van der Waals surface area contributed by atoms with E-state index in [1.807, 2.05) is 13.8 Å². The summed E-state index contributed by atoms with van der Waals surface area (Å²) in [4.78, 5) is 8.25. The molecule has 0 bridgehead atoms. The zero-order valence-electron chi connectivity index (χ0n) is 11.2. The number of anilines is 2. The first-order valence-corrected chi connectivity index (χ1v) is 7.41. The Morgan fingerprint density at radius 2 is 2.00 bits per heavy atom. The summed E-state index contributed by atoms with van der Waals surface area (Å²) < 4.78 is 16.6. The molecule has 2 unspecified atom stereocenters. The van der Waals surface area contributed by atoms with E-state index in [0.29, 0.717) is 23.9 Å². The molecule has 2 N–H and O–H groups in total. The van der Waals surface area contributed by atoms with E-state index in [4.69, 9.17) is 4.74 Å². The average molecular weight is 272 g/mol. The van der Waals surface area contributed by atoms with Crippen molar-refractivity contribution >= 4 is 22.4 Å². The molecular formula is C11H20N4O2S. The van der Waals surface area contributed by atoms with Gasteiger partial charge in [0, 0.05) is 35.4 Å². The number of hydrogen-bond acceptors (Lipinski definition) is 6. The molecule has 0 saturated carbocycles. The number of aromatic nitrogens is 2. The Kier molecular flexibility index (Phi) is 5.84. The van der Waals surface area contributed by atoms with Gasteiger partial charge < -0.3 is 15.4 Å². The number of nitrogens with one attached hydrogen (secondary N) is 2. The van der Waals surface area contributed by atoms with Crippen molar-refractivity contribution in [3.05, 3.63) is 6.33 Å². The molecule has 6 nitrogen and oxygen atoms in total. The molecule has 2 atom stereocenters. The van der Waals surface area contributed by atoms with Gasteiger partial charge >= 0.3 is 0 Å². The largest absolute Gasteiger partial charge is 0.490 e. The van der Waals surface area contributed by atoms with E-state index >= 15 is 0 Å². The van der Waals surface area contributed by atoms with Crippen molar-refractivity contribution in [1.29, 1.82) is 0 Å². The monoisotopic (exact) mass is 272 g/mol. The number of nitrogens with zero attached hydrogens (tertiary/aromatic N) is 2. The predicted octanol–water partition coefficient (Wildman–Crippen LogP) is 1.10. The van der Waals surface area contributed by atoms with Crippen LogP contribution in [0.4, 0.5) is 11.6 Å². The summed E-state index contributed by atoms with van der Waals surface area (Å²) in [6, 6.07) is 0. The lowest BCUT2D eigenvalue weighted by Gasteiger charge is -2.15. The molecule has 1 aromatic rings. The molecule has 0 radical (unpaired) electrons. The maximum absolute atomic E-state index is 11.3. The van der Waals surface area contributed by atoms with E-state index in [-0.39, 0.29) is 5.25 Å². The molecule has 0 spiro atoms. The maximum Gasteiger partial charge on any atom is 0.204 e. The first-order chi connectivity index (χ1) is 8.60. The van der Waals surface area contributed by atoms with Gasteiger partial charge in [-0.15, -0.1) is 0 Å². The molecule has 0 aliphatic heterocycles. The summed E-state index contributed by atoms with van der Waals surface area (Å²) >= 11 is 0. The molecule has 0 saturated heterocycles. The van der Waals surface area contributed by atoms with Crippen LogP contribution in [0.25, 0.3) is 0 Å². The minimum absolute atomic E-state index is 0.0484. The van der Waals surface area contributed by atoms with E-state index in [1.54, 1.807) is 13.4 Å². The van der Waals surface area contributed by atoms with Gasteiger partial charge in [0.15, 0.2) is 11.6 Å². The van der Waals surface area contributed by atoms with Gasteiger partial charge in [0.1, 0.15) is 6.33 Å². The van der Waals surface area contributed by atoms with Crippen molar-refractivity contribution < 1.29 is 8.95 Å². The summed E-state index contributed by atoms with van der Waals surface area (Å²) in [6.45, 7) is 5.23. The molecular weight excluding hydrogens is 252 g/mol. The summed E-state index contributed by atoms with van der Waals surface area (Å²) in [5.41, 5.74) is 0. The van der Waals surface area contributed by atoms with Gasteiger partial charge in [0.2, 0.25) is 5.75 Å². The van der Waals surface area contributed by atoms with E-state index in [0.717, 1.165) is 6.54 Å². The first-order valence-electron chi connectivity index (χ1n) is 5.79. The molecule has 1 aromatic heterocycles. The second kappa shape index (κ2) is 7.15. The summed E-state index contributed by atoms with van der Waals surface area (Å²) in [7, 11) is 0.712. The van der Waals surface area contributed by atoms with Crippen LogP contribution in [0.15, 0.2) is 6.33 Å². The Bertz CT molecular complexity index is 414. The van der Waals surface area contributed by atoms with Gasteiger partial charge in [-0.1, -0.05) is 0 Å². The average Bonchev–Trinajstić information content (AvgIpc) is 2.36. The second-order valence-corrected chi connectivity index (χ2v) is 5.63. The highest BCUT2D eigenvalue weighted by atomic mass is 32.2. The molecule has 0 aliphatic carbocycles. The van der Waals surface area contributed by atoms with Crippen molar-refractivity contribution in [3.63, 3.8) is 0 Å². The molecule has 18 heavy (non-hydrogen) atoms. The predicted molar refractivity (Wildman–Crippen MR) is 74.8 cm³/mol.